The van der Waals surface area contributed by atoms with Gasteiger partial charge in [-0.05, 0) is 65.5 Å². The molecule has 0 aromatic heterocycles. The molecule has 0 radical (unpaired) electrons. The average molecular weight is 549 g/mol. The van der Waals surface area contributed by atoms with E-state index in [2.05, 4.69) is 85.7 Å². The Bertz CT molecular complexity index is 577. The van der Waals surface area contributed by atoms with Crippen LogP contribution >= 0.6 is 79.6 Å². The quantitative estimate of drug-likeness (QED) is 0.262. The molecule has 2 aromatic carbocycles. The summed E-state index contributed by atoms with van der Waals surface area (Å²) in [5.74, 6) is 0. The maximum Gasteiger partial charge on any atom is 0.0466 e. The van der Waals surface area contributed by atoms with E-state index in [1.807, 2.05) is 24.3 Å². The van der Waals surface area contributed by atoms with Gasteiger partial charge >= 0.3 is 0 Å². The molecule has 0 aliphatic carbocycles. The molecule has 0 heterocycles. The Labute approximate surface area is 142 Å². The summed E-state index contributed by atoms with van der Waals surface area (Å²) in [7, 11) is 0. The van der Waals surface area contributed by atoms with Gasteiger partial charge < -0.3 is 0 Å². The van der Waals surface area contributed by atoms with Crippen LogP contribution in [0.25, 0.3) is 11.1 Å². The van der Waals surface area contributed by atoms with Gasteiger partial charge in [-0.3, -0.25) is 0 Å². The van der Waals surface area contributed by atoms with Gasteiger partial charge in [0, 0.05) is 27.9 Å². The molecule has 0 bridgehead atoms. The van der Waals surface area contributed by atoms with Gasteiger partial charge in [-0.2, -0.15) is 0 Å². The van der Waals surface area contributed by atoms with Crippen LogP contribution in [0.15, 0.2) is 52.7 Å². The first-order valence-corrected chi connectivity index (χ1v) is 8.56. The van der Waals surface area contributed by atoms with Crippen molar-refractivity contribution < 1.29 is 0 Å². The van der Waals surface area contributed by atoms with Gasteiger partial charge in [0.05, 0.1) is 0 Å². The third-order valence-electron chi connectivity index (χ3n) is 2.26. The summed E-state index contributed by atoms with van der Waals surface area (Å²) < 4.78 is 5.13. The van der Waals surface area contributed by atoms with Crippen LogP contribution < -0.4 is 0 Å². The fraction of sp³-hybridized carbons (Fsp3) is 0. The zero-order chi connectivity index (χ0) is 12.6. The Morgan fingerprint density at radius 2 is 1.29 bits per heavy atom. The van der Waals surface area contributed by atoms with Crippen molar-refractivity contribution in [3.05, 3.63) is 52.7 Å². The minimum Gasteiger partial charge on any atom is -0.0616 e. The molecular weight excluding hydrogens is 544 g/mol. The third kappa shape index (κ3) is 2.89. The van der Waals surface area contributed by atoms with Crippen molar-refractivity contribution in [3.8, 4) is 11.1 Å². The maximum atomic E-state index is 3.63. The van der Waals surface area contributed by atoms with Gasteiger partial charge in [-0.25, -0.2) is 0 Å². The highest BCUT2D eigenvalue weighted by Crippen LogP contribution is 2.45. The van der Waals surface area contributed by atoms with Gasteiger partial charge in [0.15, 0.2) is 0 Å². The normalized spacial score (nSPS) is 10.6. The van der Waals surface area contributed by atoms with E-state index < -0.39 is 0 Å². The largest absolute Gasteiger partial charge is 0.0616 e. The highest BCUT2D eigenvalue weighted by Gasteiger charge is 2.15. The minimum atomic E-state index is 1.01. The summed E-state index contributed by atoms with van der Waals surface area (Å²) in [6.07, 6.45) is 0. The molecule has 0 saturated carbocycles. The molecule has 0 saturated heterocycles. The molecule has 88 valence electrons. The van der Waals surface area contributed by atoms with Crippen molar-refractivity contribution in [1.29, 1.82) is 0 Å². The number of hydrogen-bond acceptors (Lipinski definition) is 0. The molecule has 0 aliphatic heterocycles. The lowest BCUT2D eigenvalue weighted by molar-refractivity contribution is 1.47. The second-order valence-corrected chi connectivity index (χ2v) is 7.47. The van der Waals surface area contributed by atoms with E-state index in [0.717, 1.165) is 33.5 Å². The lowest BCUT2D eigenvalue weighted by atomic mass is 10.1. The molecule has 2 aromatic rings. The Morgan fingerprint density at radius 1 is 0.647 bits per heavy atom. The summed E-state index contributed by atoms with van der Waals surface area (Å²) in [6, 6.07) is 10.2. The average Bonchev–Trinajstić information content (AvgIpc) is 2.29. The molecule has 0 nitrogen and oxygen atoms in total. The van der Waals surface area contributed by atoms with E-state index in [4.69, 9.17) is 0 Å². The minimum absolute atomic E-state index is 1.01. The molecule has 0 unspecified atom stereocenters. The van der Waals surface area contributed by atoms with Crippen LogP contribution in [0.5, 0.6) is 0 Å². The highest BCUT2D eigenvalue weighted by atomic mass is 79.9. The summed E-state index contributed by atoms with van der Waals surface area (Å²) in [5, 5.41) is 0. The Hall–Kier alpha value is 0.840. The number of rotatable bonds is 1. The zero-order valence-electron chi connectivity index (χ0n) is 8.28. The first-order chi connectivity index (χ1) is 8.02. The van der Waals surface area contributed by atoms with Crippen LogP contribution in [0.2, 0.25) is 0 Å². The second kappa shape index (κ2) is 5.87. The topological polar surface area (TPSA) is 0 Å². The molecule has 5 heteroatoms. The van der Waals surface area contributed by atoms with Crippen LogP contribution in [-0.2, 0) is 0 Å². The number of halogens is 5. The van der Waals surface area contributed by atoms with E-state index in [9.17, 15) is 0 Å². The smallest absolute Gasteiger partial charge is 0.0466 e. The Morgan fingerprint density at radius 3 is 1.94 bits per heavy atom. The van der Waals surface area contributed by atoms with Crippen LogP contribution in [0, 0.1) is 0 Å². The van der Waals surface area contributed by atoms with E-state index in [0.29, 0.717) is 0 Å². The molecule has 0 N–H and O–H groups in total. The van der Waals surface area contributed by atoms with Gasteiger partial charge in [0.1, 0.15) is 0 Å². The van der Waals surface area contributed by atoms with E-state index in [-0.39, 0.29) is 0 Å². The third-order valence-corrected chi connectivity index (χ3v) is 6.88. The van der Waals surface area contributed by atoms with Crippen LogP contribution in [0.3, 0.4) is 0 Å². The Balaban J connectivity index is 2.77. The maximum absolute atomic E-state index is 3.63. The van der Waals surface area contributed by atoms with Crippen molar-refractivity contribution >= 4 is 79.6 Å². The monoisotopic (exact) mass is 544 g/mol. The summed E-state index contributed by atoms with van der Waals surface area (Å²) in [5.41, 5.74) is 2.26. The van der Waals surface area contributed by atoms with Crippen molar-refractivity contribution in [2.24, 2.45) is 0 Å². The van der Waals surface area contributed by atoms with Gasteiger partial charge in [0.2, 0.25) is 0 Å². The molecule has 0 fully saturated rings. The highest BCUT2D eigenvalue weighted by molar-refractivity contribution is 9.14. The van der Waals surface area contributed by atoms with Crippen molar-refractivity contribution in [3.63, 3.8) is 0 Å². The first-order valence-electron chi connectivity index (χ1n) is 4.60. The van der Waals surface area contributed by atoms with Crippen molar-refractivity contribution in [2.75, 3.05) is 0 Å². The first kappa shape index (κ1) is 14.3. The molecule has 0 aliphatic rings. The Kier molecular flexibility index (Phi) is 4.92. The fourth-order valence-electron chi connectivity index (χ4n) is 1.48. The summed E-state index contributed by atoms with van der Waals surface area (Å²) in [4.78, 5) is 0. The summed E-state index contributed by atoms with van der Waals surface area (Å²) >= 11 is 17.9. The predicted molar refractivity (Wildman–Crippen MR) is 90.4 cm³/mol. The molecule has 2 rings (SSSR count). The lowest BCUT2D eigenvalue weighted by Crippen LogP contribution is -1.86. The van der Waals surface area contributed by atoms with E-state index in [1.54, 1.807) is 0 Å². The summed E-state index contributed by atoms with van der Waals surface area (Å²) in [6.45, 7) is 0. The van der Waals surface area contributed by atoms with Crippen molar-refractivity contribution in [2.45, 2.75) is 0 Å². The molecular formula is C12H5Br5. The lowest BCUT2D eigenvalue weighted by Gasteiger charge is -2.12. The van der Waals surface area contributed by atoms with Gasteiger partial charge in [-0.15, -0.1) is 0 Å². The van der Waals surface area contributed by atoms with Gasteiger partial charge in [0.25, 0.3) is 0 Å². The van der Waals surface area contributed by atoms with Crippen molar-refractivity contribution in [1.82, 2.24) is 0 Å². The standard InChI is InChI=1S/C12H5Br5/c13-7-4-2-1-3-6(7)10-8(14)5-9(15)11(16)12(10)17/h1-5H. The van der Waals surface area contributed by atoms with E-state index >= 15 is 0 Å². The van der Waals surface area contributed by atoms with Gasteiger partial charge in [-0.1, -0.05) is 50.1 Å². The second-order valence-electron chi connectivity index (χ2n) is 3.32. The number of hydrogen-bond donors (Lipinski definition) is 0. The van der Waals surface area contributed by atoms with Crippen LogP contribution in [0.1, 0.15) is 0 Å². The number of benzene rings is 2. The van der Waals surface area contributed by atoms with Crippen LogP contribution in [0.4, 0.5) is 0 Å². The molecule has 17 heavy (non-hydrogen) atoms. The fourth-order valence-corrected chi connectivity index (χ4v) is 4.82. The predicted octanol–water partition coefficient (Wildman–Crippen LogP) is 7.17. The molecule has 0 spiro atoms. The SMILES string of the molecule is Brc1ccccc1-c1c(Br)cc(Br)c(Br)c1Br. The zero-order valence-corrected chi connectivity index (χ0v) is 16.2. The van der Waals surface area contributed by atoms with Crippen LogP contribution in [-0.4, -0.2) is 0 Å². The molecule has 0 amide bonds. The molecule has 0 atom stereocenters. The van der Waals surface area contributed by atoms with E-state index in [1.165, 1.54) is 0 Å².